The standard InChI is InChI=1S/C37H41FN4O5S/c1-25(36(43)40-30-17-15-29(38)16-18-30)19-34(39)35(20-26-9-5-3-6-10-26)41-37(44)28-21-31(23-32(22-28)47-24-27-13-14-27)42(2)48(45,46)33-11-7-4-8-12-33/h3-12,15-18,21-23,25,27,34-35H,13-14,19-20,24,39H2,1-2H3,(H,40,43)(H,41,44)/t25-,34+,35+/m1/s1. The number of carbonyl (C=O) groups is 2. The molecule has 3 atom stereocenters. The second kappa shape index (κ2) is 15.4. The number of halogens is 1. The van der Waals surface area contributed by atoms with E-state index < -0.39 is 39.7 Å². The van der Waals surface area contributed by atoms with Gasteiger partial charge in [-0.25, -0.2) is 12.8 Å². The fraction of sp³-hybridized carbons (Fsp3) is 0.297. The monoisotopic (exact) mass is 672 g/mol. The van der Waals surface area contributed by atoms with Gasteiger partial charge in [-0.05, 0) is 85.7 Å². The van der Waals surface area contributed by atoms with E-state index in [1.165, 1.54) is 49.5 Å². The van der Waals surface area contributed by atoms with Crippen molar-refractivity contribution < 1.29 is 27.1 Å². The van der Waals surface area contributed by atoms with Crippen LogP contribution < -0.4 is 25.4 Å². The number of anilines is 2. The lowest BCUT2D eigenvalue weighted by Crippen LogP contribution is -2.50. The first-order chi connectivity index (χ1) is 23.0. The van der Waals surface area contributed by atoms with Crippen LogP contribution in [0.3, 0.4) is 0 Å². The lowest BCUT2D eigenvalue weighted by Gasteiger charge is -2.28. The molecule has 252 valence electrons. The Morgan fingerprint density at radius 1 is 0.958 bits per heavy atom. The first-order valence-corrected chi connectivity index (χ1v) is 17.4. The molecular weight excluding hydrogens is 631 g/mol. The first-order valence-electron chi connectivity index (χ1n) is 16.0. The number of amides is 2. The number of nitrogens with zero attached hydrogens (tertiary/aromatic N) is 1. The molecule has 0 heterocycles. The number of nitrogens with one attached hydrogen (secondary N) is 2. The van der Waals surface area contributed by atoms with Gasteiger partial charge in [0.1, 0.15) is 11.6 Å². The molecule has 4 aromatic carbocycles. The van der Waals surface area contributed by atoms with Crippen LogP contribution in [0.5, 0.6) is 5.75 Å². The van der Waals surface area contributed by atoms with Gasteiger partial charge >= 0.3 is 0 Å². The Balaban J connectivity index is 1.38. The van der Waals surface area contributed by atoms with Gasteiger partial charge in [0, 0.05) is 42.4 Å². The second-order valence-electron chi connectivity index (χ2n) is 12.3. The molecule has 1 aliphatic carbocycles. The average molecular weight is 673 g/mol. The highest BCUT2D eigenvalue weighted by molar-refractivity contribution is 7.92. The molecule has 5 rings (SSSR count). The lowest BCUT2D eigenvalue weighted by atomic mass is 9.92. The van der Waals surface area contributed by atoms with E-state index in [-0.39, 0.29) is 28.5 Å². The topological polar surface area (TPSA) is 131 Å². The maximum atomic E-state index is 13.9. The number of ether oxygens (including phenoxy) is 1. The fourth-order valence-electron chi connectivity index (χ4n) is 5.27. The van der Waals surface area contributed by atoms with Crippen LogP contribution in [0.15, 0.2) is 108 Å². The maximum absolute atomic E-state index is 13.9. The Morgan fingerprint density at radius 2 is 1.60 bits per heavy atom. The smallest absolute Gasteiger partial charge is 0.264 e. The second-order valence-corrected chi connectivity index (χ2v) is 14.3. The Labute approximate surface area is 281 Å². The highest BCUT2D eigenvalue weighted by Gasteiger charge is 2.28. The highest BCUT2D eigenvalue weighted by atomic mass is 32.2. The Hall–Kier alpha value is -4.74. The van der Waals surface area contributed by atoms with Gasteiger partial charge in [0.05, 0.1) is 17.2 Å². The fourth-order valence-corrected chi connectivity index (χ4v) is 6.48. The number of hydrogen-bond donors (Lipinski definition) is 3. The number of benzene rings is 4. The van der Waals surface area contributed by atoms with Crippen LogP contribution in [0, 0.1) is 17.7 Å². The summed E-state index contributed by atoms with van der Waals surface area (Å²) >= 11 is 0. The molecule has 0 aliphatic heterocycles. The van der Waals surface area contributed by atoms with Crippen molar-refractivity contribution in [2.45, 2.75) is 49.6 Å². The molecule has 4 aromatic rings. The molecule has 0 spiro atoms. The Morgan fingerprint density at radius 3 is 2.25 bits per heavy atom. The third-order valence-electron chi connectivity index (χ3n) is 8.42. The van der Waals surface area contributed by atoms with Gasteiger partial charge in [0.15, 0.2) is 0 Å². The molecule has 0 saturated heterocycles. The Kier molecular flexibility index (Phi) is 11.1. The van der Waals surface area contributed by atoms with E-state index in [9.17, 15) is 22.4 Å². The summed E-state index contributed by atoms with van der Waals surface area (Å²) in [7, 11) is -2.48. The first kappa shape index (κ1) is 34.6. The van der Waals surface area contributed by atoms with Crippen molar-refractivity contribution in [3.8, 4) is 5.75 Å². The van der Waals surface area contributed by atoms with E-state index >= 15 is 0 Å². The third-order valence-corrected chi connectivity index (χ3v) is 10.2. The average Bonchev–Trinajstić information content (AvgIpc) is 3.93. The quantitative estimate of drug-likeness (QED) is 0.147. The van der Waals surface area contributed by atoms with Crippen molar-refractivity contribution in [1.29, 1.82) is 0 Å². The van der Waals surface area contributed by atoms with Gasteiger partial charge in [-0.3, -0.25) is 13.9 Å². The summed E-state index contributed by atoms with van der Waals surface area (Å²) in [6, 6.07) is 26.7. The van der Waals surface area contributed by atoms with Crippen LogP contribution in [0.2, 0.25) is 0 Å². The van der Waals surface area contributed by atoms with Crippen LogP contribution in [0.4, 0.5) is 15.8 Å². The van der Waals surface area contributed by atoms with Gasteiger partial charge in [-0.2, -0.15) is 0 Å². The number of carbonyl (C=O) groups excluding carboxylic acids is 2. The van der Waals surface area contributed by atoms with E-state index in [1.54, 1.807) is 37.3 Å². The van der Waals surface area contributed by atoms with E-state index in [0.717, 1.165) is 22.7 Å². The zero-order chi connectivity index (χ0) is 34.3. The van der Waals surface area contributed by atoms with Crippen LogP contribution in [0.25, 0.3) is 0 Å². The normalized spacial score (nSPS) is 14.8. The summed E-state index contributed by atoms with van der Waals surface area (Å²) in [5, 5.41) is 5.85. The summed E-state index contributed by atoms with van der Waals surface area (Å²) in [5.41, 5.74) is 8.59. The number of nitrogens with two attached hydrogens (primary N) is 1. The highest BCUT2D eigenvalue weighted by Crippen LogP contribution is 2.32. The zero-order valence-corrected chi connectivity index (χ0v) is 27.8. The van der Waals surface area contributed by atoms with Crippen LogP contribution in [0.1, 0.15) is 42.1 Å². The van der Waals surface area contributed by atoms with Crippen LogP contribution >= 0.6 is 0 Å². The molecule has 1 saturated carbocycles. The SMILES string of the molecule is C[C@H](C[C@H](N)[C@H](Cc1ccccc1)NC(=O)c1cc(OCC2CC2)cc(N(C)S(=O)(=O)c2ccccc2)c1)C(=O)Nc1ccc(F)cc1. The molecule has 9 nitrogen and oxygen atoms in total. The van der Waals surface area contributed by atoms with Gasteiger partial charge in [-0.15, -0.1) is 0 Å². The summed E-state index contributed by atoms with van der Waals surface area (Å²) in [5.74, 6) is -0.850. The zero-order valence-electron chi connectivity index (χ0n) is 27.0. The molecule has 0 bridgehead atoms. The van der Waals surface area contributed by atoms with E-state index in [1.807, 2.05) is 30.3 Å². The maximum Gasteiger partial charge on any atom is 0.264 e. The molecule has 2 amide bonds. The summed E-state index contributed by atoms with van der Waals surface area (Å²) in [6.07, 6.45) is 2.77. The van der Waals surface area contributed by atoms with Crippen molar-refractivity contribution in [2.24, 2.45) is 17.6 Å². The van der Waals surface area contributed by atoms with Crippen molar-refractivity contribution in [3.05, 3.63) is 120 Å². The summed E-state index contributed by atoms with van der Waals surface area (Å²) in [4.78, 5) is 27.0. The van der Waals surface area contributed by atoms with Crippen molar-refractivity contribution in [1.82, 2.24) is 5.32 Å². The van der Waals surface area contributed by atoms with E-state index in [4.69, 9.17) is 10.5 Å². The largest absolute Gasteiger partial charge is 0.493 e. The van der Waals surface area contributed by atoms with Gasteiger partial charge in [0.25, 0.3) is 15.9 Å². The predicted molar refractivity (Wildman–Crippen MR) is 185 cm³/mol. The minimum Gasteiger partial charge on any atom is -0.493 e. The predicted octanol–water partition coefficient (Wildman–Crippen LogP) is 5.77. The molecule has 0 radical (unpaired) electrons. The minimum atomic E-state index is -3.92. The molecule has 0 aromatic heterocycles. The van der Waals surface area contributed by atoms with Crippen molar-refractivity contribution >= 4 is 33.2 Å². The van der Waals surface area contributed by atoms with Gasteiger partial charge in [0.2, 0.25) is 5.91 Å². The molecule has 1 fully saturated rings. The Bertz CT molecular complexity index is 1800. The molecule has 4 N–H and O–H groups in total. The van der Waals surface area contributed by atoms with Crippen molar-refractivity contribution in [2.75, 3.05) is 23.3 Å². The number of sulfonamides is 1. The van der Waals surface area contributed by atoms with Gasteiger partial charge in [-0.1, -0.05) is 55.5 Å². The van der Waals surface area contributed by atoms with Gasteiger partial charge < -0.3 is 21.1 Å². The third kappa shape index (κ3) is 9.20. The van der Waals surface area contributed by atoms with Crippen LogP contribution in [-0.4, -0.2) is 46.0 Å². The summed E-state index contributed by atoms with van der Waals surface area (Å²) < 4.78 is 47.4. The minimum absolute atomic E-state index is 0.120. The van der Waals surface area contributed by atoms with E-state index in [2.05, 4.69) is 10.6 Å². The molecule has 48 heavy (non-hydrogen) atoms. The number of hydrogen-bond acceptors (Lipinski definition) is 6. The van der Waals surface area contributed by atoms with Crippen molar-refractivity contribution in [3.63, 3.8) is 0 Å². The van der Waals surface area contributed by atoms with Crippen LogP contribution in [-0.2, 0) is 21.2 Å². The number of rotatable bonds is 15. The summed E-state index contributed by atoms with van der Waals surface area (Å²) in [6.45, 7) is 2.22. The molecule has 11 heteroatoms. The molecular formula is C37H41FN4O5S. The lowest BCUT2D eigenvalue weighted by molar-refractivity contribution is -0.119. The molecule has 0 unspecified atom stereocenters. The van der Waals surface area contributed by atoms with E-state index in [0.29, 0.717) is 30.4 Å². The molecule has 1 aliphatic rings.